The molecule has 0 aromatic heterocycles. The highest BCUT2D eigenvalue weighted by atomic mass is 16.5. The van der Waals surface area contributed by atoms with Gasteiger partial charge >= 0.3 is 0 Å². The van der Waals surface area contributed by atoms with Gasteiger partial charge in [-0.15, -0.1) is 0 Å². The number of aliphatic hydroxyl groups is 1. The quantitative estimate of drug-likeness (QED) is 0.825. The first-order valence-corrected chi connectivity index (χ1v) is 6.69. The van der Waals surface area contributed by atoms with E-state index in [0.29, 0.717) is 6.61 Å². The van der Waals surface area contributed by atoms with Crippen molar-refractivity contribution >= 4 is 0 Å². The second-order valence-corrected chi connectivity index (χ2v) is 4.60. The smallest absolute Gasteiger partial charge is 0.0701 e. The fraction of sp³-hybridized carbons (Fsp3) is 0.294. The van der Waals surface area contributed by atoms with E-state index >= 15 is 0 Å². The average Bonchev–Trinajstić information content (AvgIpc) is 2.47. The predicted molar refractivity (Wildman–Crippen MR) is 77.1 cm³/mol. The summed E-state index contributed by atoms with van der Waals surface area (Å²) in [6.45, 7) is 0.463. The van der Waals surface area contributed by atoms with Gasteiger partial charge in [-0.05, 0) is 24.0 Å². The first-order valence-electron chi connectivity index (χ1n) is 6.69. The second kappa shape index (κ2) is 7.72. The van der Waals surface area contributed by atoms with Crippen LogP contribution in [0.25, 0.3) is 0 Å². The van der Waals surface area contributed by atoms with Crippen molar-refractivity contribution in [1.29, 1.82) is 0 Å². The van der Waals surface area contributed by atoms with Crippen molar-refractivity contribution in [3.05, 3.63) is 71.8 Å². The molecule has 0 unspecified atom stereocenters. The van der Waals surface area contributed by atoms with Gasteiger partial charge in [0.05, 0.1) is 19.3 Å². The van der Waals surface area contributed by atoms with Crippen LogP contribution in [0.3, 0.4) is 0 Å². The lowest BCUT2D eigenvalue weighted by Gasteiger charge is -2.17. The predicted octanol–water partition coefficient (Wildman–Crippen LogP) is 2.85. The molecule has 0 aliphatic rings. The number of hydrogen-bond acceptors (Lipinski definition) is 2. The first-order chi connectivity index (χ1) is 9.38. The highest BCUT2D eigenvalue weighted by Crippen LogP contribution is 2.12. The van der Waals surface area contributed by atoms with Gasteiger partial charge in [-0.3, -0.25) is 0 Å². The fourth-order valence-electron chi connectivity index (χ4n) is 2.16. The van der Waals surface area contributed by atoms with Gasteiger partial charge in [0, 0.05) is 0 Å². The Balaban J connectivity index is 1.99. The van der Waals surface area contributed by atoms with Gasteiger partial charge < -0.3 is 9.84 Å². The highest BCUT2D eigenvalue weighted by molar-refractivity contribution is 5.19. The Morgan fingerprint density at radius 3 is 1.68 bits per heavy atom. The largest absolute Gasteiger partial charge is 0.394 e. The Labute approximate surface area is 114 Å². The Kier molecular flexibility index (Phi) is 5.60. The third-order valence-corrected chi connectivity index (χ3v) is 3.06. The summed E-state index contributed by atoms with van der Waals surface area (Å²) in [6.07, 6.45) is 1.85. The van der Waals surface area contributed by atoms with E-state index < -0.39 is 0 Å². The molecule has 19 heavy (non-hydrogen) atoms. The minimum absolute atomic E-state index is 0.0695. The summed E-state index contributed by atoms with van der Waals surface area (Å²) in [6, 6.07) is 20.7. The molecule has 0 bridgehead atoms. The third-order valence-electron chi connectivity index (χ3n) is 3.06. The zero-order chi connectivity index (χ0) is 13.3. The van der Waals surface area contributed by atoms with E-state index in [2.05, 4.69) is 24.3 Å². The summed E-state index contributed by atoms with van der Waals surface area (Å²) in [4.78, 5) is 0. The van der Waals surface area contributed by atoms with Crippen LogP contribution in [-0.4, -0.2) is 24.4 Å². The van der Waals surface area contributed by atoms with Gasteiger partial charge in [-0.1, -0.05) is 60.7 Å². The lowest BCUT2D eigenvalue weighted by Crippen LogP contribution is -2.21. The lowest BCUT2D eigenvalue weighted by atomic mass is 10.0. The van der Waals surface area contributed by atoms with Crippen molar-refractivity contribution in [3.8, 4) is 0 Å². The van der Waals surface area contributed by atoms with E-state index in [0.717, 1.165) is 12.8 Å². The normalized spacial score (nSPS) is 10.8. The molecule has 0 radical (unpaired) electrons. The summed E-state index contributed by atoms with van der Waals surface area (Å²) in [5, 5.41) is 8.92. The van der Waals surface area contributed by atoms with E-state index in [9.17, 15) is 0 Å². The van der Waals surface area contributed by atoms with E-state index in [-0.39, 0.29) is 12.7 Å². The molecule has 100 valence electrons. The molecule has 2 aromatic rings. The summed E-state index contributed by atoms with van der Waals surface area (Å²) in [7, 11) is 0. The van der Waals surface area contributed by atoms with Crippen LogP contribution >= 0.6 is 0 Å². The molecule has 0 fully saturated rings. The molecule has 0 saturated heterocycles. The van der Waals surface area contributed by atoms with Crippen LogP contribution in [0.15, 0.2) is 60.7 Å². The number of benzene rings is 2. The van der Waals surface area contributed by atoms with Gasteiger partial charge in [0.2, 0.25) is 0 Å². The average molecular weight is 256 g/mol. The van der Waals surface area contributed by atoms with Crippen molar-refractivity contribution < 1.29 is 9.84 Å². The molecule has 2 aromatic carbocycles. The SMILES string of the molecule is OCCOC(Cc1ccccc1)Cc1ccccc1. The standard InChI is InChI=1S/C17H20O2/c18-11-12-19-17(13-15-7-3-1-4-8-15)14-16-9-5-2-6-10-16/h1-10,17-18H,11-14H2. The highest BCUT2D eigenvalue weighted by Gasteiger charge is 2.11. The number of aliphatic hydroxyl groups excluding tert-OH is 1. The Morgan fingerprint density at radius 1 is 0.789 bits per heavy atom. The molecule has 2 rings (SSSR count). The van der Waals surface area contributed by atoms with Crippen LogP contribution in [0.1, 0.15) is 11.1 Å². The van der Waals surface area contributed by atoms with E-state index in [1.165, 1.54) is 11.1 Å². The molecule has 0 aliphatic carbocycles. The summed E-state index contributed by atoms with van der Waals surface area (Å²) in [5.41, 5.74) is 2.53. The molecule has 2 heteroatoms. The molecule has 1 N–H and O–H groups in total. The van der Waals surface area contributed by atoms with Crippen molar-refractivity contribution in [1.82, 2.24) is 0 Å². The summed E-state index contributed by atoms with van der Waals surface area (Å²) < 4.78 is 5.75. The first kappa shape index (κ1) is 13.8. The maximum Gasteiger partial charge on any atom is 0.0701 e. The van der Waals surface area contributed by atoms with Crippen LogP contribution in [0.5, 0.6) is 0 Å². The van der Waals surface area contributed by atoms with Crippen LogP contribution < -0.4 is 0 Å². The van der Waals surface area contributed by atoms with E-state index in [1.54, 1.807) is 0 Å². The van der Waals surface area contributed by atoms with E-state index in [4.69, 9.17) is 9.84 Å². The van der Waals surface area contributed by atoms with Crippen molar-refractivity contribution in [2.75, 3.05) is 13.2 Å². The minimum atomic E-state index is 0.0695. The van der Waals surface area contributed by atoms with Crippen molar-refractivity contribution in [3.63, 3.8) is 0 Å². The Bertz CT molecular complexity index is 412. The van der Waals surface area contributed by atoms with Gasteiger partial charge in [-0.2, -0.15) is 0 Å². The van der Waals surface area contributed by atoms with Crippen LogP contribution in [0.2, 0.25) is 0 Å². The number of ether oxygens (including phenoxy) is 1. The van der Waals surface area contributed by atoms with Gasteiger partial charge in [0.15, 0.2) is 0 Å². The fourth-order valence-corrected chi connectivity index (χ4v) is 2.16. The second-order valence-electron chi connectivity index (χ2n) is 4.60. The monoisotopic (exact) mass is 256 g/mol. The van der Waals surface area contributed by atoms with Crippen molar-refractivity contribution in [2.45, 2.75) is 18.9 Å². The van der Waals surface area contributed by atoms with Crippen LogP contribution in [-0.2, 0) is 17.6 Å². The zero-order valence-electron chi connectivity index (χ0n) is 11.0. The van der Waals surface area contributed by atoms with Gasteiger partial charge in [0.1, 0.15) is 0 Å². The zero-order valence-corrected chi connectivity index (χ0v) is 11.0. The molecule has 0 heterocycles. The molecule has 0 atom stereocenters. The topological polar surface area (TPSA) is 29.5 Å². The molecule has 2 nitrogen and oxygen atoms in total. The summed E-state index contributed by atoms with van der Waals surface area (Å²) in [5.74, 6) is 0. The van der Waals surface area contributed by atoms with Crippen molar-refractivity contribution in [2.24, 2.45) is 0 Å². The van der Waals surface area contributed by atoms with Crippen LogP contribution in [0, 0.1) is 0 Å². The number of rotatable bonds is 7. The maximum atomic E-state index is 8.92. The minimum Gasteiger partial charge on any atom is -0.394 e. The third kappa shape index (κ3) is 4.86. The lowest BCUT2D eigenvalue weighted by molar-refractivity contribution is 0.0293. The summed E-state index contributed by atoms with van der Waals surface area (Å²) >= 11 is 0. The molecule has 0 spiro atoms. The molecule has 0 saturated carbocycles. The molecule has 0 amide bonds. The molecule has 0 aliphatic heterocycles. The molecular weight excluding hydrogens is 236 g/mol. The Morgan fingerprint density at radius 2 is 1.26 bits per heavy atom. The Hall–Kier alpha value is -1.64. The molecular formula is C17H20O2. The van der Waals surface area contributed by atoms with E-state index in [1.807, 2.05) is 36.4 Å². The van der Waals surface area contributed by atoms with Gasteiger partial charge in [0.25, 0.3) is 0 Å². The van der Waals surface area contributed by atoms with Crippen LogP contribution in [0.4, 0.5) is 0 Å². The van der Waals surface area contributed by atoms with Gasteiger partial charge in [-0.25, -0.2) is 0 Å². The number of hydrogen-bond donors (Lipinski definition) is 1. The maximum absolute atomic E-state index is 8.92.